The van der Waals surface area contributed by atoms with Crippen LogP contribution in [0.4, 0.5) is 0 Å². The van der Waals surface area contributed by atoms with Gasteiger partial charge in [-0.15, -0.1) is 0 Å². The minimum Gasteiger partial charge on any atom is -0.0625 e. The third-order valence-electron chi connectivity index (χ3n) is 2.21. The first-order valence-corrected chi connectivity index (χ1v) is 3.62. The van der Waals surface area contributed by atoms with Crippen molar-refractivity contribution in [2.75, 3.05) is 0 Å². The van der Waals surface area contributed by atoms with E-state index in [0.29, 0.717) is 0 Å². The standard InChI is InChI=1S/C8H15/c1-3-8-5-4-7(2)6-8/h3,7-8H,4-6H2,1-2H3. The first-order valence-electron chi connectivity index (χ1n) is 3.62. The number of rotatable bonds is 1. The highest BCUT2D eigenvalue weighted by Gasteiger charge is 2.18. The van der Waals surface area contributed by atoms with E-state index in [2.05, 4.69) is 20.3 Å². The van der Waals surface area contributed by atoms with E-state index >= 15 is 0 Å². The highest BCUT2D eigenvalue weighted by molar-refractivity contribution is 4.80. The van der Waals surface area contributed by atoms with Crippen molar-refractivity contribution >= 4 is 0 Å². The fourth-order valence-electron chi connectivity index (χ4n) is 1.55. The molecule has 2 atom stereocenters. The Bertz CT molecular complexity index is 66.4. The average Bonchev–Trinajstić information content (AvgIpc) is 2.14. The fourth-order valence-corrected chi connectivity index (χ4v) is 1.55. The quantitative estimate of drug-likeness (QED) is 0.488. The van der Waals surface area contributed by atoms with Crippen LogP contribution >= 0.6 is 0 Å². The van der Waals surface area contributed by atoms with Crippen LogP contribution in [0, 0.1) is 18.3 Å². The zero-order chi connectivity index (χ0) is 5.98. The molecule has 1 saturated carbocycles. The summed E-state index contributed by atoms with van der Waals surface area (Å²) >= 11 is 0. The van der Waals surface area contributed by atoms with E-state index in [9.17, 15) is 0 Å². The van der Waals surface area contributed by atoms with E-state index in [1.165, 1.54) is 19.3 Å². The summed E-state index contributed by atoms with van der Waals surface area (Å²) in [5.74, 6) is 1.95. The SMILES string of the molecule is C[CH]C1CCC(C)C1. The van der Waals surface area contributed by atoms with Gasteiger partial charge in [-0.25, -0.2) is 0 Å². The predicted molar refractivity (Wildman–Crippen MR) is 36.5 cm³/mol. The molecule has 0 saturated heterocycles. The number of hydrogen-bond donors (Lipinski definition) is 0. The first-order chi connectivity index (χ1) is 3.83. The Balaban J connectivity index is 2.22. The molecule has 47 valence electrons. The maximum Gasteiger partial charge on any atom is -0.0383 e. The van der Waals surface area contributed by atoms with Gasteiger partial charge in [0.05, 0.1) is 0 Å². The summed E-state index contributed by atoms with van der Waals surface area (Å²) in [7, 11) is 0. The van der Waals surface area contributed by atoms with Crippen molar-refractivity contribution in [2.45, 2.75) is 33.1 Å². The third kappa shape index (κ3) is 1.24. The molecule has 0 heterocycles. The van der Waals surface area contributed by atoms with Crippen LogP contribution in [-0.2, 0) is 0 Å². The van der Waals surface area contributed by atoms with E-state index in [-0.39, 0.29) is 0 Å². The molecule has 0 aromatic carbocycles. The molecule has 0 nitrogen and oxygen atoms in total. The van der Waals surface area contributed by atoms with Crippen LogP contribution in [0.25, 0.3) is 0 Å². The van der Waals surface area contributed by atoms with Gasteiger partial charge in [0.15, 0.2) is 0 Å². The lowest BCUT2D eigenvalue weighted by Crippen LogP contribution is -1.90. The Morgan fingerprint density at radius 1 is 1.38 bits per heavy atom. The molecule has 2 unspecified atom stereocenters. The van der Waals surface area contributed by atoms with Gasteiger partial charge in [0.1, 0.15) is 0 Å². The van der Waals surface area contributed by atoms with Crippen LogP contribution < -0.4 is 0 Å². The normalized spacial score (nSPS) is 38.2. The van der Waals surface area contributed by atoms with Crippen LogP contribution in [-0.4, -0.2) is 0 Å². The van der Waals surface area contributed by atoms with Gasteiger partial charge >= 0.3 is 0 Å². The van der Waals surface area contributed by atoms with Gasteiger partial charge in [0.2, 0.25) is 0 Å². The van der Waals surface area contributed by atoms with Crippen LogP contribution in [0.5, 0.6) is 0 Å². The number of hydrogen-bond acceptors (Lipinski definition) is 0. The second-order valence-electron chi connectivity index (χ2n) is 3.01. The Labute approximate surface area is 52.3 Å². The molecule has 0 aliphatic heterocycles. The van der Waals surface area contributed by atoms with Crippen molar-refractivity contribution in [2.24, 2.45) is 11.8 Å². The van der Waals surface area contributed by atoms with Crippen molar-refractivity contribution < 1.29 is 0 Å². The second kappa shape index (κ2) is 2.52. The molecule has 0 amide bonds. The highest BCUT2D eigenvalue weighted by Crippen LogP contribution is 2.31. The molecule has 1 aliphatic rings. The van der Waals surface area contributed by atoms with Crippen LogP contribution in [0.15, 0.2) is 0 Å². The third-order valence-corrected chi connectivity index (χ3v) is 2.21. The summed E-state index contributed by atoms with van der Waals surface area (Å²) in [6.45, 7) is 4.53. The monoisotopic (exact) mass is 111 g/mol. The summed E-state index contributed by atoms with van der Waals surface area (Å²) in [5, 5.41) is 0. The Morgan fingerprint density at radius 2 is 2.12 bits per heavy atom. The molecule has 8 heavy (non-hydrogen) atoms. The average molecular weight is 111 g/mol. The lowest BCUT2D eigenvalue weighted by Gasteiger charge is -2.01. The van der Waals surface area contributed by atoms with Gasteiger partial charge in [-0.2, -0.15) is 0 Å². The van der Waals surface area contributed by atoms with Gasteiger partial charge in [-0.3, -0.25) is 0 Å². The van der Waals surface area contributed by atoms with Crippen molar-refractivity contribution in [3.05, 3.63) is 6.42 Å². The lowest BCUT2D eigenvalue weighted by atomic mass is 10.0. The van der Waals surface area contributed by atoms with Crippen molar-refractivity contribution in [3.8, 4) is 0 Å². The van der Waals surface area contributed by atoms with Gasteiger partial charge in [-0.1, -0.05) is 20.3 Å². The minimum atomic E-state index is 0.949. The lowest BCUT2D eigenvalue weighted by molar-refractivity contribution is 0.568. The molecule has 1 radical (unpaired) electrons. The first kappa shape index (κ1) is 6.12. The molecule has 0 heteroatoms. The summed E-state index contributed by atoms with van der Waals surface area (Å²) in [6.07, 6.45) is 6.69. The molecule has 1 rings (SSSR count). The van der Waals surface area contributed by atoms with E-state index < -0.39 is 0 Å². The molecule has 0 aromatic heterocycles. The largest absolute Gasteiger partial charge is 0.0625 e. The van der Waals surface area contributed by atoms with E-state index in [1.807, 2.05) is 0 Å². The maximum atomic E-state index is 2.35. The molecule has 1 fully saturated rings. The predicted octanol–water partition coefficient (Wildman–Crippen LogP) is 2.65. The minimum absolute atomic E-state index is 0.949. The van der Waals surface area contributed by atoms with Crippen molar-refractivity contribution in [1.82, 2.24) is 0 Å². The topological polar surface area (TPSA) is 0 Å². The Morgan fingerprint density at radius 3 is 2.38 bits per heavy atom. The molecule has 1 aliphatic carbocycles. The highest BCUT2D eigenvalue weighted by atomic mass is 14.2. The van der Waals surface area contributed by atoms with E-state index in [1.54, 1.807) is 0 Å². The van der Waals surface area contributed by atoms with E-state index in [4.69, 9.17) is 0 Å². The van der Waals surface area contributed by atoms with E-state index in [0.717, 1.165) is 11.8 Å². The molecule has 0 N–H and O–H groups in total. The summed E-state index contributed by atoms with van der Waals surface area (Å²) < 4.78 is 0. The van der Waals surface area contributed by atoms with Gasteiger partial charge in [0.25, 0.3) is 0 Å². The molecular formula is C8H15. The Hall–Kier alpha value is 0. The maximum absolute atomic E-state index is 2.35. The van der Waals surface area contributed by atoms with Crippen molar-refractivity contribution in [1.29, 1.82) is 0 Å². The Kier molecular flexibility index (Phi) is 1.93. The van der Waals surface area contributed by atoms with Crippen LogP contribution in [0.2, 0.25) is 0 Å². The molecule has 0 bridgehead atoms. The van der Waals surface area contributed by atoms with Gasteiger partial charge < -0.3 is 0 Å². The summed E-state index contributed by atoms with van der Waals surface area (Å²) in [5.41, 5.74) is 0. The zero-order valence-corrected chi connectivity index (χ0v) is 5.85. The smallest absolute Gasteiger partial charge is 0.0383 e. The zero-order valence-electron chi connectivity index (χ0n) is 5.85. The fraction of sp³-hybridized carbons (Fsp3) is 0.875. The molecule has 0 aromatic rings. The second-order valence-corrected chi connectivity index (χ2v) is 3.01. The molecule has 0 spiro atoms. The molecular weight excluding hydrogens is 96.1 g/mol. The van der Waals surface area contributed by atoms with Gasteiger partial charge in [-0.05, 0) is 31.1 Å². The summed E-state index contributed by atoms with van der Waals surface area (Å²) in [6, 6.07) is 0. The summed E-state index contributed by atoms with van der Waals surface area (Å²) in [4.78, 5) is 0. The van der Waals surface area contributed by atoms with Crippen molar-refractivity contribution in [3.63, 3.8) is 0 Å². The van der Waals surface area contributed by atoms with Crippen LogP contribution in [0.3, 0.4) is 0 Å². The van der Waals surface area contributed by atoms with Gasteiger partial charge in [0, 0.05) is 0 Å². The van der Waals surface area contributed by atoms with Crippen LogP contribution in [0.1, 0.15) is 33.1 Å².